The standard InChI is InChI=1S/C19H18BrN3O6/c1-2-26-16-6-11(5-13(20)18(16)27-9-17(21)24)8-22-23-19(25)12-3-4-14-15(7-12)29-10-28-14/h3-8H,2,9-10H2,1H3,(H2,21,24)(H,23,25)/b22-8+. The monoisotopic (exact) mass is 463 g/mol. The number of nitrogens with one attached hydrogen (secondary N) is 1. The summed E-state index contributed by atoms with van der Waals surface area (Å²) in [6, 6.07) is 8.24. The van der Waals surface area contributed by atoms with Crippen molar-refractivity contribution in [3.05, 3.63) is 45.9 Å². The van der Waals surface area contributed by atoms with Gasteiger partial charge in [-0.3, -0.25) is 9.59 Å². The molecule has 2 aromatic carbocycles. The van der Waals surface area contributed by atoms with Gasteiger partial charge in [0.15, 0.2) is 29.6 Å². The van der Waals surface area contributed by atoms with Crippen molar-refractivity contribution in [3.8, 4) is 23.0 Å². The lowest BCUT2D eigenvalue weighted by molar-refractivity contribution is -0.119. The van der Waals surface area contributed by atoms with Crippen molar-refractivity contribution in [2.45, 2.75) is 6.92 Å². The zero-order valence-electron chi connectivity index (χ0n) is 15.4. The summed E-state index contributed by atoms with van der Waals surface area (Å²) < 4.78 is 22.0. The lowest BCUT2D eigenvalue weighted by Crippen LogP contribution is -2.20. The van der Waals surface area contributed by atoms with Crippen LogP contribution in [0.25, 0.3) is 0 Å². The second kappa shape index (κ2) is 9.28. The van der Waals surface area contributed by atoms with Crippen molar-refractivity contribution >= 4 is 34.0 Å². The van der Waals surface area contributed by atoms with E-state index in [-0.39, 0.29) is 13.4 Å². The van der Waals surface area contributed by atoms with Crippen LogP contribution in [0.15, 0.2) is 39.9 Å². The molecule has 152 valence electrons. The van der Waals surface area contributed by atoms with Crippen LogP contribution in [0.5, 0.6) is 23.0 Å². The number of ether oxygens (including phenoxy) is 4. The Hall–Kier alpha value is -3.27. The van der Waals surface area contributed by atoms with Gasteiger partial charge in [-0.05, 0) is 58.7 Å². The summed E-state index contributed by atoms with van der Waals surface area (Å²) in [5, 5.41) is 3.97. The van der Waals surface area contributed by atoms with Gasteiger partial charge in [0.05, 0.1) is 17.3 Å². The molecule has 0 aliphatic carbocycles. The summed E-state index contributed by atoms with van der Waals surface area (Å²) in [4.78, 5) is 23.2. The van der Waals surface area contributed by atoms with Crippen LogP contribution in [-0.4, -0.2) is 38.0 Å². The fraction of sp³-hybridized carbons (Fsp3) is 0.211. The number of hydrogen-bond acceptors (Lipinski definition) is 7. The molecular weight excluding hydrogens is 446 g/mol. The molecule has 3 N–H and O–H groups in total. The Kier molecular flexibility index (Phi) is 6.55. The van der Waals surface area contributed by atoms with Crippen LogP contribution >= 0.6 is 15.9 Å². The Morgan fingerprint density at radius 3 is 2.79 bits per heavy atom. The van der Waals surface area contributed by atoms with E-state index in [4.69, 9.17) is 24.7 Å². The molecule has 2 amide bonds. The molecule has 0 aromatic heterocycles. The van der Waals surface area contributed by atoms with Crippen LogP contribution in [0.3, 0.4) is 0 Å². The minimum atomic E-state index is -0.601. The minimum Gasteiger partial charge on any atom is -0.490 e. The summed E-state index contributed by atoms with van der Waals surface area (Å²) in [6.07, 6.45) is 1.45. The molecule has 0 radical (unpaired) electrons. The van der Waals surface area contributed by atoms with Crippen molar-refractivity contribution in [2.75, 3.05) is 20.0 Å². The van der Waals surface area contributed by atoms with E-state index in [1.165, 1.54) is 6.21 Å². The number of rotatable bonds is 8. The lowest BCUT2D eigenvalue weighted by Gasteiger charge is -2.13. The molecule has 10 heteroatoms. The Morgan fingerprint density at radius 2 is 2.03 bits per heavy atom. The molecule has 0 atom stereocenters. The van der Waals surface area contributed by atoms with Crippen LogP contribution < -0.4 is 30.1 Å². The predicted molar refractivity (Wildman–Crippen MR) is 108 cm³/mol. The number of carbonyl (C=O) groups is 2. The zero-order chi connectivity index (χ0) is 20.8. The maximum absolute atomic E-state index is 12.3. The highest BCUT2D eigenvalue weighted by Crippen LogP contribution is 2.36. The first-order chi connectivity index (χ1) is 14.0. The van der Waals surface area contributed by atoms with Gasteiger partial charge >= 0.3 is 0 Å². The summed E-state index contributed by atoms with van der Waals surface area (Å²) >= 11 is 3.37. The SMILES string of the molecule is CCOc1cc(/C=N/NC(=O)c2ccc3c(c2)OCO3)cc(Br)c1OCC(N)=O. The normalized spacial score (nSPS) is 12.1. The molecule has 0 saturated carbocycles. The fourth-order valence-corrected chi connectivity index (χ4v) is 3.05. The lowest BCUT2D eigenvalue weighted by atomic mass is 10.2. The molecule has 1 aliphatic heterocycles. The third-order valence-electron chi connectivity index (χ3n) is 3.70. The van der Waals surface area contributed by atoms with Crippen molar-refractivity contribution in [1.29, 1.82) is 0 Å². The van der Waals surface area contributed by atoms with Crippen LogP contribution in [0, 0.1) is 0 Å². The number of carbonyl (C=O) groups excluding carboxylic acids is 2. The molecule has 1 aliphatic rings. The molecular formula is C19H18BrN3O6. The molecule has 0 spiro atoms. The number of nitrogens with zero attached hydrogens (tertiary/aromatic N) is 1. The first-order valence-corrected chi connectivity index (χ1v) is 9.37. The quantitative estimate of drug-likeness (QED) is 0.457. The van der Waals surface area contributed by atoms with Gasteiger partial charge in [0.1, 0.15) is 0 Å². The summed E-state index contributed by atoms with van der Waals surface area (Å²) in [7, 11) is 0. The van der Waals surface area contributed by atoms with E-state index in [0.29, 0.717) is 45.2 Å². The zero-order valence-corrected chi connectivity index (χ0v) is 17.0. The number of benzene rings is 2. The third-order valence-corrected chi connectivity index (χ3v) is 4.29. The van der Waals surface area contributed by atoms with Gasteiger partial charge in [-0.15, -0.1) is 0 Å². The van der Waals surface area contributed by atoms with Gasteiger partial charge in [0.25, 0.3) is 11.8 Å². The number of amides is 2. The number of hydrazone groups is 1. The molecule has 0 bridgehead atoms. The van der Waals surface area contributed by atoms with E-state index >= 15 is 0 Å². The van der Waals surface area contributed by atoms with E-state index in [0.717, 1.165) is 0 Å². The third kappa shape index (κ3) is 5.17. The predicted octanol–water partition coefficient (Wildman–Crippen LogP) is 2.20. The Labute approximate surface area is 174 Å². The van der Waals surface area contributed by atoms with E-state index < -0.39 is 11.8 Å². The van der Waals surface area contributed by atoms with Crippen LogP contribution in [-0.2, 0) is 4.79 Å². The maximum atomic E-state index is 12.3. The highest BCUT2D eigenvalue weighted by molar-refractivity contribution is 9.10. The number of halogens is 1. The molecule has 9 nitrogen and oxygen atoms in total. The van der Waals surface area contributed by atoms with Gasteiger partial charge in [-0.2, -0.15) is 5.10 Å². The smallest absolute Gasteiger partial charge is 0.271 e. The van der Waals surface area contributed by atoms with Gasteiger partial charge in [0, 0.05) is 5.56 Å². The van der Waals surface area contributed by atoms with E-state index in [2.05, 4.69) is 26.5 Å². The molecule has 29 heavy (non-hydrogen) atoms. The van der Waals surface area contributed by atoms with E-state index in [1.54, 1.807) is 30.3 Å². The number of hydrogen-bond donors (Lipinski definition) is 2. The number of fused-ring (bicyclic) bond motifs is 1. The minimum absolute atomic E-state index is 0.134. The van der Waals surface area contributed by atoms with Gasteiger partial charge in [-0.25, -0.2) is 5.43 Å². The van der Waals surface area contributed by atoms with Gasteiger partial charge in [0.2, 0.25) is 6.79 Å². The van der Waals surface area contributed by atoms with Crippen LogP contribution in [0.4, 0.5) is 0 Å². The van der Waals surface area contributed by atoms with Crippen molar-refractivity contribution < 1.29 is 28.5 Å². The molecule has 3 rings (SSSR count). The van der Waals surface area contributed by atoms with Crippen LogP contribution in [0.1, 0.15) is 22.8 Å². The molecule has 0 unspecified atom stereocenters. The fourth-order valence-electron chi connectivity index (χ4n) is 2.48. The summed E-state index contributed by atoms with van der Waals surface area (Å²) in [6.45, 7) is 2.06. The largest absolute Gasteiger partial charge is 0.490 e. The average molecular weight is 464 g/mol. The Balaban J connectivity index is 1.70. The topological polar surface area (TPSA) is 121 Å². The first kappa shape index (κ1) is 20.5. The Morgan fingerprint density at radius 1 is 1.24 bits per heavy atom. The van der Waals surface area contributed by atoms with Gasteiger partial charge < -0.3 is 24.7 Å². The summed E-state index contributed by atoms with van der Waals surface area (Å²) in [5.74, 6) is 0.871. The maximum Gasteiger partial charge on any atom is 0.271 e. The highest BCUT2D eigenvalue weighted by atomic mass is 79.9. The van der Waals surface area contributed by atoms with Crippen LogP contribution in [0.2, 0.25) is 0 Å². The van der Waals surface area contributed by atoms with Crippen molar-refractivity contribution in [2.24, 2.45) is 10.8 Å². The van der Waals surface area contributed by atoms with Gasteiger partial charge in [-0.1, -0.05) is 0 Å². The van der Waals surface area contributed by atoms with E-state index in [1.807, 2.05) is 6.92 Å². The molecule has 0 saturated heterocycles. The van der Waals surface area contributed by atoms with Crippen molar-refractivity contribution in [3.63, 3.8) is 0 Å². The van der Waals surface area contributed by atoms with E-state index in [9.17, 15) is 9.59 Å². The van der Waals surface area contributed by atoms with Crippen molar-refractivity contribution in [1.82, 2.24) is 5.43 Å². The second-order valence-corrected chi connectivity index (χ2v) is 6.64. The number of nitrogens with two attached hydrogens (primary N) is 1. The number of primary amides is 1. The molecule has 0 fully saturated rings. The average Bonchev–Trinajstić information content (AvgIpc) is 3.15. The summed E-state index contributed by atoms with van der Waals surface area (Å²) in [5.41, 5.74) is 8.59. The Bertz CT molecular complexity index is 963. The second-order valence-electron chi connectivity index (χ2n) is 5.79. The highest BCUT2D eigenvalue weighted by Gasteiger charge is 2.16. The first-order valence-electron chi connectivity index (χ1n) is 8.58. The molecule has 2 aromatic rings. The molecule has 1 heterocycles.